The summed E-state index contributed by atoms with van der Waals surface area (Å²) in [6, 6.07) is 14.2. The van der Waals surface area contributed by atoms with E-state index in [1.807, 2.05) is 30.3 Å². The van der Waals surface area contributed by atoms with E-state index in [-0.39, 0.29) is 0 Å². The average Bonchev–Trinajstić information content (AvgIpc) is 3.17. The molecule has 0 spiro atoms. The van der Waals surface area contributed by atoms with Crippen LogP contribution in [0.2, 0.25) is 0 Å². The first-order valence-electron chi connectivity index (χ1n) is 9.72. The molecule has 1 fully saturated rings. The molecule has 5 rings (SSSR count). The second kappa shape index (κ2) is 7.16. The van der Waals surface area contributed by atoms with Crippen molar-refractivity contribution in [2.45, 2.75) is 0 Å². The Hall–Kier alpha value is -3.48. The Morgan fingerprint density at radius 1 is 0.897 bits per heavy atom. The van der Waals surface area contributed by atoms with Crippen molar-refractivity contribution in [3.8, 4) is 11.5 Å². The van der Waals surface area contributed by atoms with Crippen LogP contribution in [0.4, 0.5) is 11.5 Å². The maximum atomic E-state index is 5.53. The third-order valence-corrected chi connectivity index (χ3v) is 5.57. The third kappa shape index (κ3) is 2.99. The molecule has 0 unspecified atom stereocenters. The summed E-state index contributed by atoms with van der Waals surface area (Å²) < 4.78 is 10.9. The second-order valence-corrected chi connectivity index (χ2v) is 7.10. The normalized spacial score (nSPS) is 14.6. The lowest BCUT2D eigenvalue weighted by molar-refractivity contribution is 0.413. The van der Waals surface area contributed by atoms with E-state index < -0.39 is 0 Å². The van der Waals surface area contributed by atoms with E-state index in [0.29, 0.717) is 0 Å². The minimum Gasteiger partial charge on any atom is -0.497 e. The quantitative estimate of drug-likeness (QED) is 0.577. The fourth-order valence-corrected chi connectivity index (χ4v) is 4.08. The summed E-state index contributed by atoms with van der Waals surface area (Å²) in [5, 5.41) is 1.05. The van der Waals surface area contributed by atoms with Gasteiger partial charge in [0.05, 0.1) is 19.9 Å². The molecule has 1 saturated heterocycles. The maximum absolute atomic E-state index is 5.53. The zero-order valence-electron chi connectivity index (χ0n) is 16.6. The molecule has 0 amide bonds. The highest BCUT2D eigenvalue weighted by atomic mass is 16.5. The van der Waals surface area contributed by atoms with E-state index in [9.17, 15) is 0 Å². The van der Waals surface area contributed by atoms with E-state index in [1.54, 1.807) is 20.5 Å². The van der Waals surface area contributed by atoms with Gasteiger partial charge in [-0.2, -0.15) is 0 Å². The Labute approximate surface area is 168 Å². The number of benzene rings is 2. The minimum atomic E-state index is 0.823. The monoisotopic (exact) mass is 389 g/mol. The van der Waals surface area contributed by atoms with Gasteiger partial charge in [0.1, 0.15) is 28.9 Å². The van der Waals surface area contributed by atoms with Crippen LogP contribution in [0.3, 0.4) is 0 Å². The molecule has 2 aromatic carbocycles. The van der Waals surface area contributed by atoms with Crippen molar-refractivity contribution in [1.29, 1.82) is 0 Å². The third-order valence-electron chi connectivity index (χ3n) is 5.57. The molecule has 2 aromatic heterocycles. The largest absolute Gasteiger partial charge is 0.497 e. The number of nitrogens with zero attached hydrogens (tertiary/aromatic N) is 4. The smallest absolute Gasteiger partial charge is 0.156 e. The van der Waals surface area contributed by atoms with Gasteiger partial charge < -0.3 is 24.3 Å². The van der Waals surface area contributed by atoms with Crippen LogP contribution in [0.5, 0.6) is 11.5 Å². The van der Waals surface area contributed by atoms with Crippen LogP contribution in [-0.2, 0) is 0 Å². The molecule has 7 nitrogen and oxygen atoms in total. The summed E-state index contributed by atoms with van der Waals surface area (Å²) in [4.78, 5) is 17.3. The Balaban J connectivity index is 1.45. The van der Waals surface area contributed by atoms with Crippen molar-refractivity contribution >= 4 is 33.4 Å². The second-order valence-electron chi connectivity index (χ2n) is 7.10. The molecule has 4 aromatic rings. The van der Waals surface area contributed by atoms with Crippen molar-refractivity contribution in [3.05, 3.63) is 48.8 Å². The van der Waals surface area contributed by atoms with Crippen LogP contribution in [0, 0.1) is 0 Å². The van der Waals surface area contributed by atoms with Gasteiger partial charge in [-0.25, -0.2) is 9.97 Å². The highest BCUT2D eigenvalue weighted by molar-refractivity contribution is 6.08. The lowest BCUT2D eigenvalue weighted by atomic mass is 10.2. The molecule has 0 radical (unpaired) electrons. The highest BCUT2D eigenvalue weighted by Gasteiger charge is 2.23. The number of hydrogen-bond donors (Lipinski definition) is 1. The molecule has 7 heteroatoms. The SMILES string of the molecule is COc1ccc2[nH]c3c(N4CCN(c5ccccc5OC)CC4)ncnc3c2c1. The van der Waals surface area contributed by atoms with Crippen molar-refractivity contribution < 1.29 is 9.47 Å². The molecular formula is C22H23N5O2. The van der Waals surface area contributed by atoms with Gasteiger partial charge in [0.15, 0.2) is 5.82 Å². The fraction of sp³-hybridized carbons (Fsp3) is 0.273. The van der Waals surface area contributed by atoms with E-state index in [0.717, 1.165) is 71.1 Å². The molecule has 29 heavy (non-hydrogen) atoms. The van der Waals surface area contributed by atoms with Gasteiger partial charge in [0.2, 0.25) is 0 Å². The zero-order chi connectivity index (χ0) is 19.8. The minimum absolute atomic E-state index is 0.823. The average molecular weight is 389 g/mol. The topological polar surface area (TPSA) is 66.5 Å². The number of methoxy groups -OCH3 is 2. The molecule has 0 atom stereocenters. The molecular weight excluding hydrogens is 366 g/mol. The van der Waals surface area contributed by atoms with E-state index in [1.165, 1.54) is 0 Å². The number of rotatable bonds is 4. The van der Waals surface area contributed by atoms with Gasteiger partial charge in [0.25, 0.3) is 0 Å². The van der Waals surface area contributed by atoms with Gasteiger partial charge in [-0.15, -0.1) is 0 Å². The number of hydrogen-bond acceptors (Lipinski definition) is 6. The molecule has 0 bridgehead atoms. The molecule has 1 N–H and O–H groups in total. The Morgan fingerprint density at radius 3 is 2.48 bits per heavy atom. The number of aromatic nitrogens is 3. The first-order valence-corrected chi connectivity index (χ1v) is 9.72. The summed E-state index contributed by atoms with van der Waals surface area (Å²) in [6.45, 7) is 3.56. The standard InChI is InChI=1S/C22H23N5O2/c1-28-15-7-8-17-16(13-15)20-21(25-17)22(24-14-23-20)27-11-9-26(10-12-27)18-5-3-4-6-19(18)29-2/h3-8,13-14,25H,9-12H2,1-2H3. The van der Waals surface area contributed by atoms with Gasteiger partial charge in [0, 0.05) is 37.1 Å². The van der Waals surface area contributed by atoms with E-state index >= 15 is 0 Å². The van der Waals surface area contributed by atoms with Gasteiger partial charge in [-0.05, 0) is 30.3 Å². The number of aromatic amines is 1. The number of anilines is 2. The number of para-hydroxylation sites is 2. The summed E-state index contributed by atoms with van der Waals surface area (Å²) >= 11 is 0. The predicted octanol–water partition coefficient (Wildman–Crippen LogP) is 3.45. The lowest BCUT2D eigenvalue weighted by Crippen LogP contribution is -2.47. The van der Waals surface area contributed by atoms with Crippen LogP contribution in [-0.4, -0.2) is 55.4 Å². The predicted molar refractivity (Wildman–Crippen MR) is 115 cm³/mol. The van der Waals surface area contributed by atoms with Gasteiger partial charge in [-0.3, -0.25) is 0 Å². The Morgan fingerprint density at radius 2 is 1.69 bits per heavy atom. The highest BCUT2D eigenvalue weighted by Crippen LogP contribution is 2.33. The first kappa shape index (κ1) is 17.6. The Bertz CT molecular complexity index is 1160. The zero-order valence-corrected chi connectivity index (χ0v) is 16.6. The molecule has 3 heterocycles. The van der Waals surface area contributed by atoms with Crippen LogP contribution in [0.25, 0.3) is 21.9 Å². The van der Waals surface area contributed by atoms with Crippen molar-refractivity contribution in [1.82, 2.24) is 15.0 Å². The summed E-state index contributed by atoms with van der Waals surface area (Å²) in [5.74, 6) is 2.68. The number of piperazine rings is 1. The Kier molecular flexibility index (Phi) is 4.35. The van der Waals surface area contributed by atoms with Crippen molar-refractivity contribution in [2.24, 2.45) is 0 Å². The number of ether oxygens (including phenoxy) is 2. The van der Waals surface area contributed by atoms with Gasteiger partial charge in [-0.1, -0.05) is 12.1 Å². The molecule has 0 saturated carbocycles. The van der Waals surface area contributed by atoms with Crippen LogP contribution in [0.1, 0.15) is 0 Å². The lowest BCUT2D eigenvalue weighted by Gasteiger charge is -2.37. The number of H-pyrrole nitrogens is 1. The van der Waals surface area contributed by atoms with Crippen LogP contribution < -0.4 is 19.3 Å². The number of fused-ring (bicyclic) bond motifs is 3. The van der Waals surface area contributed by atoms with Crippen LogP contribution >= 0.6 is 0 Å². The molecule has 1 aliphatic heterocycles. The molecule has 148 valence electrons. The maximum Gasteiger partial charge on any atom is 0.156 e. The van der Waals surface area contributed by atoms with Crippen molar-refractivity contribution in [3.63, 3.8) is 0 Å². The van der Waals surface area contributed by atoms with Gasteiger partial charge >= 0.3 is 0 Å². The summed E-state index contributed by atoms with van der Waals surface area (Å²) in [7, 11) is 3.40. The van der Waals surface area contributed by atoms with E-state index in [2.05, 4.69) is 36.9 Å². The fourth-order valence-electron chi connectivity index (χ4n) is 4.08. The first-order chi connectivity index (χ1) is 14.3. The molecule has 0 aliphatic carbocycles. The van der Waals surface area contributed by atoms with E-state index in [4.69, 9.17) is 9.47 Å². The molecule has 1 aliphatic rings. The van der Waals surface area contributed by atoms with Crippen molar-refractivity contribution in [2.75, 3.05) is 50.2 Å². The van der Waals surface area contributed by atoms with Crippen LogP contribution in [0.15, 0.2) is 48.8 Å². The summed E-state index contributed by atoms with van der Waals surface area (Å²) in [5.41, 5.74) is 4.08. The number of nitrogens with one attached hydrogen (secondary N) is 1. The summed E-state index contributed by atoms with van der Waals surface area (Å²) in [6.07, 6.45) is 1.65.